The van der Waals surface area contributed by atoms with E-state index in [1.807, 2.05) is 18.3 Å². The topological polar surface area (TPSA) is 48.1 Å². The Morgan fingerprint density at radius 3 is 2.75 bits per heavy atom. The minimum absolute atomic E-state index is 0.0465. The average Bonchev–Trinajstić information content (AvgIpc) is 2.39. The van der Waals surface area contributed by atoms with Gasteiger partial charge in [0.05, 0.1) is 12.8 Å². The van der Waals surface area contributed by atoms with Gasteiger partial charge in [-0.05, 0) is 25.0 Å². The van der Waals surface area contributed by atoms with E-state index in [0.717, 1.165) is 24.3 Å². The molecule has 0 spiro atoms. The van der Waals surface area contributed by atoms with E-state index < -0.39 is 0 Å². The molecule has 2 rings (SSSR count). The van der Waals surface area contributed by atoms with Gasteiger partial charge in [0, 0.05) is 18.2 Å². The Morgan fingerprint density at radius 1 is 1.38 bits per heavy atom. The van der Waals surface area contributed by atoms with E-state index in [-0.39, 0.29) is 5.41 Å². The smallest absolute Gasteiger partial charge is 0.140 e. The van der Waals surface area contributed by atoms with Crippen LogP contribution in [0, 0.1) is 0 Å². The number of rotatable bonds is 3. The van der Waals surface area contributed by atoms with Crippen LogP contribution in [0.15, 0.2) is 18.3 Å². The van der Waals surface area contributed by atoms with E-state index in [4.69, 9.17) is 10.5 Å². The van der Waals surface area contributed by atoms with Crippen LogP contribution in [-0.2, 0) is 5.41 Å². The molecule has 1 fully saturated rings. The first-order valence-electron chi connectivity index (χ1n) is 6.02. The maximum atomic E-state index is 6.00. The zero-order valence-electron chi connectivity index (χ0n) is 9.91. The quantitative estimate of drug-likeness (QED) is 0.850. The third-order valence-electron chi connectivity index (χ3n) is 3.69. The Bertz CT molecular complexity index is 346. The van der Waals surface area contributed by atoms with Crippen molar-refractivity contribution < 1.29 is 4.74 Å². The summed E-state index contributed by atoms with van der Waals surface area (Å²) < 4.78 is 5.41. The summed E-state index contributed by atoms with van der Waals surface area (Å²) in [4.78, 5) is 4.51. The highest BCUT2D eigenvalue weighted by Crippen LogP contribution is 2.41. The van der Waals surface area contributed by atoms with Crippen LogP contribution in [0.25, 0.3) is 0 Å². The van der Waals surface area contributed by atoms with Crippen LogP contribution in [0.3, 0.4) is 0 Å². The van der Waals surface area contributed by atoms with Crippen LogP contribution in [0.4, 0.5) is 0 Å². The highest BCUT2D eigenvalue weighted by molar-refractivity contribution is 5.34. The summed E-state index contributed by atoms with van der Waals surface area (Å²) in [6.07, 6.45) is 7.92. The van der Waals surface area contributed by atoms with Crippen molar-refractivity contribution in [3.63, 3.8) is 0 Å². The van der Waals surface area contributed by atoms with E-state index in [2.05, 4.69) is 4.98 Å². The second kappa shape index (κ2) is 4.83. The van der Waals surface area contributed by atoms with Gasteiger partial charge in [-0.2, -0.15) is 0 Å². The number of hydrogen-bond acceptors (Lipinski definition) is 3. The number of nitrogens with two attached hydrogens (primary N) is 1. The minimum Gasteiger partial charge on any atom is -0.495 e. The van der Waals surface area contributed by atoms with Crippen molar-refractivity contribution in [1.29, 1.82) is 0 Å². The number of methoxy groups -OCH3 is 1. The molecule has 1 aromatic heterocycles. The molecular formula is C13H20N2O. The Balaban J connectivity index is 2.38. The van der Waals surface area contributed by atoms with Crippen molar-refractivity contribution >= 4 is 0 Å². The number of ether oxygens (including phenoxy) is 1. The molecule has 16 heavy (non-hydrogen) atoms. The van der Waals surface area contributed by atoms with Gasteiger partial charge < -0.3 is 10.5 Å². The van der Waals surface area contributed by atoms with Gasteiger partial charge in [-0.15, -0.1) is 0 Å². The normalized spacial score (nSPS) is 19.4. The lowest BCUT2D eigenvalue weighted by Crippen LogP contribution is -2.38. The molecule has 1 aliphatic carbocycles. The fourth-order valence-electron chi connectivity index (χ4n) is 2.72. The van der Waals surface area contributed by atoms with Crippen LogP contribution in [0.1, 0.15) is 37.8 Å². The van der Waals surface area contributed by atoms with Gasteiger partial charge >= 0.3 is 0 Å². The van der Waals surface area contributed by atoms with Gasteiger partial charge in [-0.1, -0.05) is 19.3 Å². The van der Waals surface area contributed by atoms with Crippen molar-refractivity contribution in [3.05, 3.63) is 24.0 Å². The van der Waals surface area contributed by atoms with E-state index >= 15 is 0 Å². The Hall–Kier alpha value is -1.09. The van der Waals surface area contributed by atoms with Gasteiger partial charge in [0.1, 0.15) is 5.75 Å². The lowest BCUT2D eigenvalue weighted by molar-refractivity contribution is 0.280. The second-order valence-electron chi connectivity index (χ2n) is 4.60. The summed E-state index contributed by atoms with van der Waals surface area (Å²) in [6.45, 7) is 0.667. The molecule has 0 atom stereocenters. The molecule has 1 heterocycles. The fourth-order valence-corrected chi connectivity index (χ4v) is 2.72. The van der Waals surface area contributed by atoms with Gasteiger partial charge in [-0.3, -0.25) is 4.98 Å². The van der Waals surface area contributed by atoms with Crippen LogP contribution < -0.4 is 10.5 Å². The van der Waals surface area contributed by atoms with Crippen LogP contribution >= 0.6 is 0 Å². The molecule has 0 unspecified atom stereocenters. The maximum absolute atomic E-state index is 6.00. The third kappa shape index (κ3) is 1.92. The van der Waals surface area contributed by atoms with Gasteiger partial charge in [-0.25, -0.2) is 0 Å². The molecular weight excluding hydrogens is 200 g/mol. The van der Waals surface area contributed by atoms with Gasteiger partial charge in [0.15, 0.2) is 0 Å². The zero-order chi connectivity index (χ0) is 11.4. The largest absolute Gasteiger partial charge is 0.495 e. The molecule has 0 aromatic carbocycles. The lowest BCUT2D eigenvalue weighted by atomic mass is 9.71. The maximum Gasteiger partial charge on any atom is 0.140 e. The Labute approximate surface area is 97.0 Å². The predicted molar refractivity (Wildman–Crippen MR) is 64.6 cm³/mol. The van der Waals surface area contributed by atoms with Gasteiger partial charge in [0.2, 0.25) is 0 Å². The molecule has 0 radical (unpaired) electrons. The molecule has 2 N–H and O–H groups in total. The van der Waals surface area contributed by atoms with Crippen molar-refractivity contribution in [3.8, 4) is 5.75 Å². The first-order chi connectivity index (χ1) is 7.82. The second-order valence-corrected chi connectivity index (χ2v) is 4.60. The first-order valence-corrected chi connectivity index (χ1v) is 6.02. The number of aromatic nitrogens is 1. The molecule has 0 amide bonds. The number of nitrogens with zero attached hydrogens (tertiary/aromatic N) is 1. The summed E-state index contributed by atoms with van der Waals surface area (Å²) >= 11 is 0. The molecule has 1 aromatic rings. The summed E-state index contributed by atoms with van der Waals surface area (Å²) in [7, 11) is 1.70. The summed E-state index contributed by atoms with van der Waals surface area (Å²) in [5.41, 5.74) is 7.10. The molecule has 88 valence electrons. The fraction of sp³-hybridized carbons (Fsp3) is 0.615. The van der Waals surface area contributed by atoms with E-state index in [1.165, 1.54) is 19.3 Å². The van der Waals surface area contributed by atoms with Crippen molar-refractivity contribution in [1.82, 2.24) is 4.98 Å². The molecule has 3 nitrogen and oxygen atoms in total. The highest BCUT2D eigenvalue weighted by Gasteiger charge is 2.36. The van der Waals surface area contributed by atoms with E-state index in [0.29, 0.717) is 6.54 Å². The molecule has 1 aliphatic rings. The zero-order valence-corrected chi connectivity index (χ0v) is 9.91. The van der Waals surface area contributed by atoms with Crippen molar-refractivity contribution in [2.75, 3.05) is 13.7 Å². The van der Waals surface area contributed by atoms with Crippen molar-refractivity contribution in [2.45, 2.75) is 37.5 Å². The van der Waals surface area contributed by atoms with Crippen LogP contribution in [-0.4, -0.2) is 18.6 Å². The lowest BCUT2D eigenvalue weighted by Gasteiger charge is -2.36. The van der Waals surface area contributed by atoms with Crippen LogP contribution in [0.2, 0.25) is 0 Å². The predicted octanol–water partition coefficient (Wildman–Crippen LogP) is 2.25. The summed E-state index contributed by atoms with van der Waals surface area (Å²) in [6, 6.07) is 3.89. The Morgan fingerprint density at radius 2 is 2.12 bits per heavy atom. The Kier molecular flexibility index (Phi) is 3.44. The molecule has 3 heteroatoms. The summed E-state index contributed by atoms with van der Waals surface area (Å²) in [5.74, 6) is 0.884. The standard InChI is InChI=1S/C13H20N2O/c1-16-11-6-5-9-15-12(11)13(10-14)7-3-2-4-8-13/h5-6,9H,2-4,7-8,10,14H2,1H3. The molecule has 0 bridgehead atoms. The molecule has 0 aliphatic heterocycles. The summed E-state index contributed by atoms with van der Waals surface area (Å²) in [5, 5.41) is 0. The van der Waals surface area contributed by atoms with Crippen LogP contribution in [0.5, 0.6) is 5.75 Å². The van der Waals surface area contributed by atoms with Gasteiger partial charge in [0.25, 0.3) is 0 Å². The monoisotopic (exact) mass is 220 g/mol. The minimum atomic E-state index is 0.0465. The van der Waals surface area contributed by atoms with E-state index in [1.54, 1.807) is 7.11 Å². The third-order valence-corrected chi connectivity index (χ3v) is 3.69. The van der Waals surface area contributed by atoms with Crippen molar-refractivity contribution in [2.24, 2.45) is 5.73 Å². The molecule has 0 saturated heterocycles. The average molecular weight is 220 g/mol. The SMILES string of the molecule is COc1cccnc1C1(CN)CCCCC1. The number of hydrogen-bond donors (Lipinski definition) is 1. The molecule has 1 saturated carbocycles. The first kappa shape index (κ1) is 11.4. The highest BCUT2D eigenvalue weighted by atomic mass is 16.5. The number of pyridine rings is 1. The van der Waals surface area contributed by atoms with E-state index in [9.17, 15) is 0 Å².